The molecule has 0 atom stereocenters. The Bertz CT molecular complexity index is 751. The van der Waals surface area contributed by atoms with Crippen molar-refractivity contribution in [2.75, 3.05) is 52.0 Å². The van der Waals surface area contributed by atoms with Gasteiger partial charge in [-0.25, -0.2) is 0 Å². The van der Waals surface area contributed by atoms with Gasteiger partial charge in [0.2, 0.25) is 0 Å². The Balaban J connectivity index is 1.46. The van der Waals surface area contributed by atoms with Gasteiger partial charge in [0.25, 0.3) is 5.91 Å². The molecule has 7 nitrogen and oxygen atoms in total. The second kappa shape index (κ2) is 9.85. The number of morpholine rings is 1. The molecule has 1 heterocycles. The van der Waals surface area contributed by atoms with Crippen LogP contribution in [0.3, 0.4) is 0 Å². The Morgan fingerprint density at radius 2 is 1.61 bits per heavy atom. The van der Waals surface area contributed by atoms with Crippen molar-refractivity contribution in [3.8, 4) is 17.2 Å². The highest BCUT2D eigenvalue weighted by molar-refractivity contribution is 5.77. The molecule has 2 aromatic carbocycles. The predicted octanol–water partition coefficient (Wildman–Crippen LogP) is 2.24. The van der Waals surface area contributed by atoms with Crippen LogP contribution >= 0.6 is 0 Å². The number of rotatable bonds is 8. The van der Waals surface area contributed by atoms with Gasteiger partial charge >= 0.3 is 0 Å². The van der Waals surface area contributed by atoms with E-state index in [0.29, 0.717) is 23.8 Å². The quantitative estimate of drug-likeness (QED) is 0.750. The molecule has 0 radical (unpaired) electrons. The Hall–Kier alpha value is -2.93. The van der Waals surface area contributed by atoms with E-state index in [-0.39, 0.29) is 12.5 Å². The smallest absolute Gasteiger partial charge is 0.258 e. The van der Waals surface area contributed by atoms with E-state index < -0.39 is 0 Å². The number of amides is 1. The standard InChI is InChI=1S/C21H26N2O5/c1-25-18-11-19(26-2)13-20(12-18)28-15-21(24)22-14-16-3-5-17(6-4-16)23-7-9-27-10-8-23/h3-6,11-13H,7-10,14-15H2,1-2H3,(H,22,24). The number of benzene rings is 2. The molecule has 0 aromatic heterocycles. The first kappa shape index (κ1) is 19.8. The van der Waals surface area contributed by atoms with Gasteiger partial charge in [0.1, 0.15) is 17.2 Å². The molecule has 0 aliphatic carbocycles. The van der Waals surface area contributed by atoms with E-state index in [4.69, 9.17) is 18.9 Å². The summed E-state index contributed by atoms with van der Waals surface area (Å²) >= 11 is 0. The lowest BCUT2D eigenvalue weighted by molar-refractivity contribution is -0.123. The van der Waals surface area contributed by atoms with Crippen LogP contribution in [0.4, 0.5) is 5.69 Å². The summed E-state index contributed by atoms with van der Waals surface area (Å²) in [7, 11) is 3.13. The van der Waals surface area contributed by atoms with E-state index in [0.717, 1.165) is 31.9 Å². The molecule has 0 saturated carbocycles. The van der Waals surface area contributed by atoms with Crippen molar-refractivity contribution in [2.45, 2.75) is 6.54 Å². The van der Waals surface area contributed by atoms with Crippen molar-refractivity contribution < 1.29 is 23.7 Å². The molecule has 28 heavy (non-hydrogen) atoms. The minimum Gasteiger partial charge on any atom is -0.496 e. The minimum atomic E-state index is -0.195. The number of carbonyl (C=O) groups excluding carboxylic acids is 1. The number of nitrogens with one attached hydrogen (secondary N) is 1. The summed E-state index contributed by atoms with van der Waals surface area (Å²) in [6.45, 7) is 3.70. The molecule has 1 amide bonds. The van der Waals surface area contributed by atoms with Gasteiger partial charge in [-0.2, -0.15) is 0 Å². The summed E-state index contributed by atoms with van der Waals surface area (Å²) in [4.78, 5) is 14.4. The molecule has 7 heteroatoms. The van der Waals surface area contributed by atoms with Crippen molar-refractivity contribution in [1.29, 1.82) is 0 Å². The van der Waals surface area contributed by atoms with E-state index in [1.165, 1.54) is 5.69 Å². The van der Waals surface area contributed by atoms with Crippen LogP contribution in [0.1, 0.15) is 5.56 Å². The van der Waals surface area contributed by atoms with Crippen molar-refractivity contribution in [3.05, 3.63) is 48.0 Å². The number of hydrogen-bond acceptors (Lipinski definition) is 6. The molecule has 1 aliphatic heterocycles. The van der Waals surface area contributed by atoms with Crippen LogP contribution in [-0.2, 0) is 16.1 Å². The molecular formula is C21H26N2O5. The number of nitrogens with zero attached hydrogens (tertiary/aromatic N) is 1. The SMILES string of the molecule is COc1cc(OC)cc(OCC(=O)NCc2ccc(N3CCOCC3)cc2)c1. The molecular weight excluding hydrogens is 360 g/mol. The Labute approximate surface area is 165 Å². The van der Waals surface area contributed by atoms with E-state index in [2.05, 4.69) is 22.3 Å². The zero-order valence-electron chi connectivity index (χ0n) is 16.3. The molecule has 0 bridgehead atoms. The fourth-order valence-electron chi connectivity index (χ4n) is 2.91. The summed E-state index contributed by atoms with van der Waals surface area (Å²) in [6, 6.07) is 13.4. The van der Waals surface area contributed by atoms with Crippen molar-refractivity contribution in [1.82, 2.24) is 5.32 Å². The average molecular weight is 386 g/mol. The van der Waals surface area contributed by atoms with Crippen LogP contribution in [0.25, 0.3) is 0 Å². The lowest BCUT2D eigenvalue weighted by atomic mass is 10.2. The van der Waals surface area contributed by atoms with Gasteiger partial charge < -0.3 is 29.2 Å². The third kappa shape index (κ3) is 5.53. The van der Waals surface area contributed by atoms with Crippen LogP contribution in [-0.4, -0.2) is 53.0 Å². The van der Waals surface area contributed by atoms with Gasteiger partial charge in [-0.1, -0.05) is 12.1 Å². The maximum absolute atomic E-state index is 12.1. The maximum atomic E-state index is 12.1. The van der Waals surface area contributed by atoms with Gasteiger partial charge in [0, 0.05) is 43.5 Å². The second-order valence-corrected chi connectivity index (χ2v) is 6.38. The summed E-state index contributed by atoms with van der Waals surface area (Å²) in [5.74, 6) is 1.53. The Morgan fingerprint density at radius 1 is 1.00 bits per heavy atom. The number of ether oxygens (including phenoxy) is 4. The molecule has 2 aromatic rings. The first-order chi connectivity index (χ1) is 13.7. The largest absolute Gasteiger partial charge is 0.496 e. The highest BCUT2D eigenvalue weighted by atomic mass is 16.5. The predicted molar refractivity (Wildman–Crippen MR) is 106 cm³/mol. The summed E-state index contributed by atoms with van der Waals surface area (Å²) < 4.78 is 21.3. The van der Waals surface area contributed by atoms with Crippen molar-refractivity contribution in [2.24, 2.45) is 0 Å². The third-order valence-corrected chi connectivity index (χ3v) is 4.50. The molecule has 1 fully saturated rings. The lowest BCUT2D eigenvalue weighted by Gasteiger charge is -2.28. The fourth-order valence-corrected chi connectivity index (χ4v) is 2.91. The van der Waals surface area contributed by atoms with Crippen LogP contribution in [0, 0.1) is 0 Å². The first-order valence-corrected chi connectivity index (χ1v) is 9.22. The molecule has 3 rings (SSSR count). The van der Waals surface area contributed by atoms with E-state index in [1.54, 1.807) is 32.4 Å². The number of anilines is 1. The fraction of sp³-hybridized carbons (Fsp3) is 0.381. The summed E-state index contributed by atoms with van der Waals surface area (Å²) in [5, 5.41) is 2.87. The average Bonchev–Trinajstić information content (AvgIpc) is 2.77. The molecule has 1 saturated heterocycles. The van der Waals surface area contributed by atoms with Gasteiger partial charge in [-0.05, 0) is 17.7 Å². The Kier molecular flexibility index (Phi) is 6.97. The van der Waals surface area contributed by atoms with Gasteiger partial charge in [0.15, 0.2) is 6.61 Å². The van der Waals surface area contributed by atoms with Gasteiger partial charge in [0.05, 0.1) is 27.4 Å². The topological polar surface area (TPSA) is 69.3 Å². The monoisotopic (exact) mass is 386 g/mol. The van der Waals surface area contributed by atoms with Crippen LogP contribution in [0.15, 0.2) is 42.5 Å². The zero-order chi connectivity index (χ0) is 19.8. The molecule has 0 spiro atoms. The van der Waals surface area contributed by atoms with Crippen LogP contribution < -0.4 is 24.4 Å². The zero-order valence-corrected chi connectivity index (χ0v) is 16.3. The van der Waals surface area contributed by atoms with Gasteiger partial charge in [-0.15, -0.1) is 0 Å². The molecule has 1 N–H and O–H groups in total. The molecule has 0 unspecified atom stereocenters. The Morgan fingerprint density at radius 3 is 2.21 bits per heavy atom. The minimum absolute atomic E-state index is 0.0812. The highest BCUT2D eigenvalue weighted by Gasteiger charge is 2.11. The summed E-state index contributed by atoms with van der Waals surface area (Å²) in [6.07, 6.45) is 0. The number of carbonyl (C=O) groups is 1. The van der Waals surface area contributed by atoms with Crippen LogP contribution in [0.5, 0.6) is 17.2 Å². The lowest BCUT2D eigenvalue weighted by Crippen LogP contribution is -2.36. The van der Waals surface area contributed by atoms with E-state index in [9.17, 15) is 4.79 Å². The molecule has 1 aliphatic rings. The number of methoxy groups -OCH3 is 2. The second-order valence-electron chi connectivity index (χ2n) is 6.38. The third-order valence-electron chi connectivity index (χ3n) is 4.50. The summed E-state index contributed by atoms with van der Waals surface area (Å²) in [5.41, 5.74) is 2.21. The van der Waals surface area contributed by atoms with Gasteiger partial charge in [-0.3, -0.25) is 4.79 Å². The normalized spacial score (nSPS) is 13.7. The van der Waals surface area contributed by atoms with E-state index >= 15 is 0 Å². The van der Waals surface area contributed by atoms with E-state index in [1.807, 2.05) is 12.1 Å². The van der Waals surface area contributed by atoms with Crippen molar-refractivity contribution in [3.63, 3.8) is 0 Å². The number of hydrogen-bond donors (Lipinski definition) is 1. The first-order valence-electron chi connectivity index (χ1n) is 9.22. The maximum Gasteiger partial charge on any atom is 0.258 e. The van der Waals surface area contributed by atoms with Crippen LogP contribution in [0.2, 0.25) is 0 Å². The highest BCUT2D eigenvalue weighted by Crippen LogP contribution is 2.27. The molecule has 150 valence electrons. The van der Waals surface area contributed by atoms with Crippen molar-refractivity contribution >= 4 is 11.6 Å².